The Labute approximate surface area is 278 Å². The maximum Gasteiger partial charge on any atom is 0.391 e. The van der Waals surface area contributed by atoms with E-state index in [1.807, 2.05) is 4.90 Å². The Hall–Kier alpha value is -3.95. The summed E-state index contributed by atoms with van der Waals surface area (Å²) < 4.78 is 118. The summed E-state index contributed by atoms with van der Waals surface area (Å²) in [6.45, 7) is -0.0760. The van der Waals surface area contributed by atoms with E-state index in [0.717, 1.165) is 27.8 Å². The highest BCUT2D eigenvalue weighted by atomic mass is 32.2. The molecule has 0 saturated carbocycles. The molecule has 3 heterocycles. The third-order valence-electron chi connectivity index (χ3n) is 8.84. The summed E-state index contributed by atoms with van der Waals surface area (Å²) in [5.74, 6) is -2.16. The third-order valence-corrected chi connectivity index (χ3v) is 11.5. The Morgan fingerprint density at radius 1 is 1.02 bits per heavy atom. The molecule has 256 valence electrons. The molecule has 3 atom stereocenters. The van der Waals surface area contributed by atoms with Crippen molar-refractivity contribution in [2.75, 3.05) is 31.7 Å². The van der Waals surface area contributed by atoms with Crippen LogP contribution in [0.4, 0.5) is 27.1 Å². The van der Waals surface area contributed by atoms with Crippen molar-refractivity contribution in [1.82, 2.24) is 9.88 Å². The Balaban J connectivity index is 1.37. The first-order valence-electron chi connectivity index (χ1n) is 15.1. The molecule has 1 saturated heterocycles. The van der Waals surface area contributed by atoms with Crippen LogP contribution in [0.2, 0.25) is 0 Å². The summed E-state index contributed by atoms with van der Waals surface area (Å²) in [6.07, 6.45) is -3.07. The van der Waals surface area contributed by atoms with Gasteiger partial charge in [0.05, 0.1) is 33.3 Å². The number of halogens is 5. The van der Waals surface area contributed by atoms with Gasteiger partial charge in [0.2, 0.25) is 0 Å². The number of methoxy groups -OCH3 is 2. The second-order valence-electron chi connectivity index (χ2n) is 11.5. The summed E-state index contributed by atoms with van der Waals surface area (Å²) in [5.41, 5.74) is 1.31. The van der Waals surface area contributed by atoms with Gasteiger partial charge in [-0.3, -0.25) is 4.90 Å². The summed E-state index contributed by atoms with van der Waals surface area (Å²) in [4.78, 5) is 5.41. The number of fused-ring (bicyclic) bond motifs is 1. The maximum atomic E-state index is 16.2. The smallest absolute Gasteiger partial charge is 0.391 e. The Kier molecular flexibility index (Phi) is 9.55. The largest absolute Gasteiger partial charge is 0.497 e. The topological polar surface area (TPSA) is 81.2 Å². The Bertz CT molecular complexity index is 1860. The summed E-state index contributed by atoms with van der Waals surface area (Å²) in [6, 6.07) is 11.1. The molecule has 2 aliphatic heterocycles. The summed E-state index contributed by atoms with van der Waals surface area (Å²) >= 11 is 1.05. The van der Waals surface area contributed by atoms with Gasteiger partial charge >= 0.3 is 6.18 Å². The molecule has 48 heavy (non-hydrogen) atoms. The summed E-state index contributed by atoms with van der Waals surface area (Å²) in [7, 11) is -1.67. The zero-order valence-electron chi connectivity index (χ0n) is 25.9. The third kappa shape index (κ3) is 6.67. The number of hydrogen-bond donors (Lipinski definition) is 0. The standard InChI is InChI=1S/C33H32F5N3O5S2/c1-44-24-8-5-21(29(16-24)45-2)19-41(32-39-11-14-47-32)48(42,43)31-18-30-25(17-26(31)35)27(10-13-46-30)40-12-9-22(33(36,37)38)15-28(40)20-3-6-23(34)7-4-20/h3-8,11,14,16-18,22,27-28H,9-10,12-13,15,19H2,1-2H3. The van der Waals surface area contributed by atoms with Gasteiger partial charge in [0, 0.05) is 53.3 Å². The van der Waals surface area contributed by atoms with E-state index in [9.17, 15) is 26.0 Å². The zero-order valence-corrected chi connectivity index (χ0v) is 27.5. The van der Waals surface area contributed by atoms with Crippen molar-refractivity contribution in [2.24, 2.45) is 5.92 Å². The average Bonchev–Trinajstić information content (AvgIpc) is 3.61. The first-order chi connectivity index (χ1) is 22.9. The van der Waals surface area contributed by atoms with Gasteiger partial charge in [-0.1, -0.05) is 12.1 Å². The van der Waals surface area contributed by atoms with Crippen molar-refractivity contribution >= 4 is 26.5 Å². The highest BCUT2D eigenvalue weighted by Gasteiger charge is 2.47. The molecule has 0 amide bonds. The number of aromatic nitrogens is 1. The van der Waals surface area contributed by atoms with Crippen LogP contribution in [0.3, 0.4) is 0 Å². The molecule has 0 aliphatic carbocycles. The van der Waals surface area contributed by atoms with Gasteiger partial charge in [0.1, 0.15) is 33.8 Å². The molecule has 0 bridgehead atoms. The van der Waals surface area contributed by atoms with E-state index in [0.29, 0.717) is 34.6 Å². The fourth-order valence-corrected chi connectivity index (χ4v) is 8.76. The first kappa shape index (κ1) is 33.9. The second kappa shape index (κ2) is 13.5. The molecular weight excluding hydrogens is 678 g/mol. The maximum absolute atomic E-state index is 16.2. The van der Waals surface area contributed by atoms with Gasteiger partial charge in [-0.15, -0.1) is 11.3 Å². The van der Waals surface area contributed by atoms with Crippen molar-refractivity contribution in [3.63, 3.8) is 0 Å². The van der Waals surface area contributed by atoms with Crippen molar-refractivity contribution in [1.29, 1.82) is 0 Å². The quantitative estimate of drug-likeness (QED) is 0.165. The highest BCUT2D eigenvalue weighted by Crippen LogP contribution is 2.49. The summed E-state index contributed by atoms with van der Waals surface area (Å²) in [5, 5.41) is 1.69. The van der Waals surface area contributed by atoms with Crippen LogP contribution in [0.25, 0.3) is 0 Å². The lowest BCUT2D eigenvalue weighted by molar-refractivity contribution is -0.192. The number of nitrogens with zero attached hydrogens (tertiary/aromatic N) is 3. The molecule has 8 nitrogen and oxygen atoms in total. The van der Waals surface area contributed by atoms with Crippen LogP contribution in [0, 0.1) is 17.6 Å². The molecule has 0 spiro atoms. The minimum atomic E-state index is -4.59. The second-order valence-corrected chi connectivity index (χ2v) is 14.2. The van der Waals surface area contributed by atoms with Gasteiger partial charge in [0.15, 0.2) is 5.13 Å². The molecule has 0 N–H and O–H groups in total. The molecule has 1 aromatic heterocycles. The van der Waals surface area contributed by atoms with Crippen LogP contribution < -0.4 is 18.5 Å². The van der Waals surface area contributed by atoms with E-state index in [1.165, 1.54) is 44.7 Å². The molecule has 2 aliphatic rings. The molecule has 1 fully saturated rings. The van der Waals surface area contributed by atoms with E-state index in [1.54, 1.807) is 23.6 Å². The number of hydrogen-bond acceptors (Lipinski definition) is 8. The Morgan fingerprint density at radius 2 is 1.79 bits per heavy atom. The molecule has 4 aromatic rings. The van der Waals surface area contributed by atoms with Gasteiger partial charge in [0.25, 0.3) is 10.0 Å². The predicted octanol–water partition coefficient (Wildman–Crippen LogP) is 7.67. The zero-order chi connectivity index (χ0) is 34.2. The lowest BCUT2D eigenvalue weighted by Gasteiger charge is -2.46. The number of rotatable bonds is 9. The number of sulfonamides is 1. The number of ether oxygens (including phenoxy) is 3. The van der Waals surface area contributed by atoms with Crippen molar-refractivity contribution in [2.45, 2.75) is 49.0 Å². The lowest BCUT2D eigenvalue weighted by atomic mass is 9.84. The molecule has 6 rings (SSSR count). The normalized spacial score (nSPS) is 20.1. The van der Waals surface area contributed by atoms with Crippen LogP contribution in [-0.4, -0.2) is 51.8 Å². The molecule has 3 aromatic carbocycles. The minimum absolute atomic E-state index is 0.0412. The monoisotopic (exact) mass is 709 g/mol. The van der Waals surface area contributed by atoms with E-state index < -0.39 is 50.7 Å². The molecule has 0 radical (unpaired) electrons. The van der Waals surface area contributed by atoms with Crippen LogP contribution in [0.1, 0.15) is 48.0 Å². The van der Waals surface area contributed by atoms with Crippen molar-refractivity contribution in [3.05, 3.63) is 94.5 Å². The molecule has 15 heteroatoms. The number of benzene rings is 3. The highest BCUT2D eigenvalue weighted by molar-refractivity contribution is 7.93. The van der Waals surface area contributed by atoms with Crippen LogP contribution in [0.15, 0.2) is 71.1 Å². The van der Waals surface area contributed by atoms with Gasteiger partial charge in [-0.25, -0.2) is 26.5 Å². The van der Waals surface area contributed by atoms with Gasteiger partial charge in [-0.2, -0.15) is 13.2 Å². The Morgan fingerprint density at radius 3 is 2.46 bits per heavy atom. The number of anilines is 1. The number of alkyl halides is 3. The first-order valence-corrected chi connectivity index (χ1v) is 17.4. The molecular formula is C33H32F5N3O5S2. The van der Waals surface area contributed by atoms with Crippen molar-refractivity contribution < 1.29 is 44.6 Å². The van der Waals surface area contributed by atoms with Crippen LogP contribution in [-0.2, 0) is 16.6 Å². The number of thiazole rings is 1. The van der Waals surface area contributed by atoms with E-state index in [2.05, 4.69) is 4.98 Å². The fraction of sp³-hybridized carbons (Fsp3) is 0.364. The fourth-order valence-electron chi connectivity index (χ4n) is 6.43. The van der Waals surface area contributed by atoms with E-state index in [-0.39, 0.29) is 43.4 Å². The number of likely N-dealkylation sites (tertiary alicyclic amines) is 1. The molecule has 3 unspecified atom stereocenters. The SMILES string of the molecule is COc1ccc(CN(c2nccs2)S(=O)(=O)c2cc3c(cc2F)C(N2CCC(C(F)(F)F)CC2c2ccc(F)cc2)CCO3)c(OC)c1. The minimum Gasteiger partial charge on any atom is -0.497 e. The number of piperidine rings is 1. The van der Waals surface area contributed by atoms with Gasteiger partial charge in [-0.05, 0) is 55.3 Å². The van der Waals surface area contributed by atoms with Crippen LogP contribution in [0.5, 0.6) is 17.2 Å². The predicted molar refractivity (Wildman–Crippen MR) is 169 cm³/mol. The average molecular weight is 710 g/mol. The van der Waals surface area contributed by atoms with E-state index in [4.69, 9.17) is 14.2 Å². The van der Waals surface area contributed by atoms with E-state index >= 15 is 4.39 Å². The van der Waals surface area contributed by atoms with Gasteiger partial charge < -0.3 is 14.2 Å². The van der Waals surface area contributed by atoms with Crippen LogP contribution >= 0.6 is 11.3 Å². The lowest BCUT2D eigenvalue weighted by Crippen LogP contribution is -2.44. The van der Waals surface area contributed by atoms with Crippen molar-refractivity contribution in [3.8, 4) is 17.2 Å².